The number of ether oxygens (including phenoxy) is 1. The van der Waals surface area contributed by atoms with Crippen LogP contribution in [0.25, 0.3) is 0 Å². The first-order chi connectivity index (χ1) is 9.86. The molecular formula is C11H15F3N4O3. The first-order valence-corrected chi connectivity index (χ1v) is 5.96. The van der Waals surface area contributed by atoms with E-state index >= 15 is 0 Å². The number of halogens is 3. The molecule has 10 heteroatoms. The van der Waals surface area contributed by atoms with Gasteiger partial charge >= 0.3 is 12.1 Å². The van der Waals surface area contributed by atoms with E-state index in [1.807, 2.05) is 0 Å². The maximum Gasteiger partial charge on any atom is 0.490 e. The van der Waals surface area contributed by atoms with E-state index in [1.54, 1.807) is 13.3 Å². The predicted octanol–water partition coefficient (Wildman–Crippen LogP) is 0.528. The van der Waals surface area contributed by atoms with E-state index in [1.165, 1.54) is 6.33 Å². The molecule has 118 valence electrons. The molecule has 21 heavy (non-hydrogen) atoms. The van der Waals surface area contributed by atoms with E-state index in [2.05, 4.69) is 20.2 Å². The summed E-state index contributed by atoms with van der Waals surface area (Å²) in [5, 5.41) is 10.4. The van der Waals surface area contributed by atoms with Crippen LogP contribution < -0.4 is 15.0 Å². The maximum absolute atomic E-state index is 10.6. The van der Waals surface area contributed by atoms with Gasteiger partial charge in [0.2, 0.25) is 5.88 Å². The Balaban J connectivity index is 0.000000270. The fraction of sp³-hybridized carbons (Fsp3) is 0.545. The second-order valence-corrected chi connectivity index (χ2v) is 3.96. The largest absolute Gasteiger partial charge is 0.490 e. The number of aromatic nitrogens is 2. The van der Waals surface area contributed by atoms with Gasteiger partial charge in [0, 0.05) is 26.2 Å². The zero-order chi connectivity index (χ0) is 15.9. The number of nitrogens with zero attached hydrogens (tertiary/aromatic N) is 3. The minimum atomic E-state index is -5.08. The van der Waals surface area contributed by atoms with Gasteiger partial charge in [0.05, 0.1) is 13.3 Å². The van der Waals surface area contributed by atoms with Gasteiger partial charge in [-0.2, -0.15) is 13.2 Å². The smallest absolute Gasteiger partial charge is 0.479 e. The van der Waals surface area contributed by atoms with Gasteiger partial charge in [0.1, 0.15) is 12.0 Å². The summed E-state index contributed by atoms with van der Waals surface area (Å²) in [6.45, 7) is 3.95. The van der Waals surface area contributed by atoms with Gasteiger partial charge in [-0.1, -0.05) is 0 Å². The molecule has 0 radical (unpaired) electrons. The molecule has 0 saturated carbocycles. The van der Waals surface area contributed by atoms with Crippen molar-refractivity contribution in [1.29, 1.82) is 0 Å². The van der Waals surface area contributed by atoms with Crippen LogP contribution in [-0.4, -0.2) is 60.5 Å². The number of hydrogen-bond acceptors (Lipinski definition) is 6. The van der Waals surface area contributed by atoms with E-state index in [-0.39, 0.29) is 0 Å². The van der Waals surface area contributed by atoms with Crippen LogP contribution in [0.1, 0.15) is 0 Å². The number of hydrogen-bond donors (Lipinski definition) is 2. The van der Waals surface area contributed by atoms with Gasteiger partial charge in [0.15, 0.2) is 0 Å². The summed E-state index contributed by atoms with van der Waals surface area (Å²) in [6, 6.07) is 0. The molecule has 0 amide bonds. The van der Waals surface area contributed by atoms with Gasteiger partial charge in [-0.25, -0.2) is 14.8 Å². The molecule has 0 bridgehead atoms. The normalized spacial score (nSPS) is 15.0. The SMILES string of the molecule is COc1ncncc1N1CCNCC1.O=C(O)C(F)(F)F. The zero-order valence-electron chi connectivity index (χ0n) is 11.2. The third-order valence-corrected chi connectivity index (χ3v) is 2.55. The summed E-state index contributed by atoms with van der Waals surface area (Å²) in [7, 11) is 1.63. The van der Waals surface area contributed by atoms with Crippen molar-refractivity contribution in [3.8, 4) is 5.88 Å². The lowest BCUT2D eigenvalue weighted by atomic mass is 10.3. The molecule has 2 heterocycles. The number of carboxylic acid groups (broad SMARTS) is 1. The highest BCUT2D eigenvalue weighted by Gasteiger charge is 2.38. The van der Waals surface area contributed by atoms with Crippen LogP contribution in [0.3, 0.4) is 0 Å². The van der Waals surface area contributed by atoms with E-state index in [0.717, 1.165) is 31.9 Å². The minimum Gasteiger partial charge on any atom is -0.479 e. The molecular weight excluding hydrogens is 293 g/mol. The third kappa shape index (κ3) is 5.42. The Morgan fingerprint density at radius 2 is 2.00 bits per heavy atom. The predicted molar refractivity (Wildman–Crippen MR) is 67.4 cm³/mol. The third-order valence-electron chi connectivity index (χ3n) is 2.55. The van der Waals surface area contributed by atoms with Crippen LogP contribution in [0.4, 0.5) is 18.9 Å². The highest BCUT2D eigenvalue weighted by molar-refractivity contribution is 5.73. The Labute approximate surface area is 118 Å². The van der Waals surface area contributed by atoms with Crippen LogP contribution in [0.2, 0.25) is 0 Å². The van der Waals surface area contributed by atoms with Crippen molar-refractivity contribution in [3.63, 3.8) is 0 Å². The average molecular weight is 308 g/mol. The Kier molecular flexibility index (Phi) is 6.15. The number of alkyl halides is 3. The molecule has 2 rings (SSSR count). The average Bonchev–Trinajstić information content (AvgIpc) is 2.48. The van der Waals surface area contributed by atoms with Gasteiger partial charge in [-0.05, 0) is 0 Å². The van der Waals surface area contributed by atoms with Crippen molar-refractivity contribution in [3.05, 3.63) is 12.5 Å². The maximum atomic E-state index is 10.6. The van der Waals surface area contributed by atoms with Gasteiger partial charge in [-0.15, -0.1) is 0 Å². The molecule has 1 aromatic heterocycles. The number of carboxylic acids is 1. The fourth-order valence-corrected chi connectivity index (χ4v) is 1.59. The van der Waals surface area contributed by atoms with Crippen LogP contribution in [0.15, 0.2) is 12.5 Å². The van der Waals surface area contributed by atoms with E-state index in [0.29, 0.717) is 5.88 Å². The van der Waals surface area contributed by atoms with Crippen molar-refractivity contribution in [2.24, 2.45) is 0 Å². The lowest BCUT2D eigenvalue weighted by Gasteiger charge is -2.29. The monoisotopic (exact) mass is 308 g/mol. The molecule has 0 aliphatic carbocycles. The minimum absolute atomic E-state index is 0.655. The van der Waals surface area contributed by atoms with Crippen molar-refractivity contribution < 1.29 is 27.8 Å². The number of piperazine rings is 1. The second-order valence-electron chi connectivity index (χ2n) is 3.96. The summed E-state index contributed by atoms with van der Waals surface area (Å²) in [5.74, 6) is -2.10. The van der Waals surface area contributed by atoms with Gasteiger partial charge in [0.25, 0.3) is 0 Å². The highest BCUT2D eigenvalue weighted by Crippen LogP contribution is 2.23. The van der Waals surface area contributed by atoms with E-state index in [4.69, 9.17) is 14.6 Å². The van der Waals surface area contributed by atoms with Crippen LogP contribution in [-0.2, 0) is 4.79 Å². The summed E-state index contributed by atoms with van der Waals surface area (Å²) in [4.78, 5) is 19.2. The van der Waals surface area contributed by atoms with Crippen LogP contribution >= 0.6 is 0 Å². The topological polar surface area (TPSA) is 87.6 Å². The summed E-state index contributed by atoms with van der Waals surface area (Å²) >= 11 is 0. The molecule has 0 spiro atoms. The Bertz CT molecular complexity index is 464. The highest BCUT2D eigenvalue weighted by atomic mass is 19.4. The van der Waals surface area contributed by atoms with Crippen LogP contribution in [0.5, 0.6) is 5.88 Å². The first kappa shape index (κ1) is 17.0. The number of aliphatic carboxylic acids is 1. The first-order valence-electron chi connectivity index (χ1n) is 5.96. The zero-order valence-corrected chi connectivity index (χ0v) is 11.2. The molecule has 2 N–H and O–H groups in total. The molecule has 1 aliphatic rings. The molecule has 0 aromatic carbocycles. The number of carbonyl (C=O) groups is 1. The molecule has 7 nitrogen and oxygen atoms in total. The van der Waals surface area contributed by atoms with Crippen molar-refractivity contribution in [1.82, 2.24) is 15.3 Å². The number of rotatable bonds is 2. The molecule has 0 atom stereocenters. The van der Waals surface area contributed by atoms with Crippen molar-refractivity contribution in [2.45, 2.75) is 6.18 Å². The molecule has 1 aliphatic heterocycles. The number of methoxy groups -OCH3 is 1. The van der Waals surface area contributed by atoms with Gasteiger partial charge < -0.3 is 20.1 Å². The summed E-state index contributed by atoms with van der Waals surface area (Å²) < 4.78 is 36.9. The van der Waals surface area contributed by atoms with Crippen molar-refractivity contribution in [2.75, 3.05) is 38.2 Å². The molecule has 1 fully saturated rings. The number of nitrogens with one attached hydrogen (secondary N) is 1. The lowest BCUT2D eigenvalue weighted by Crippen LogP contribution is -2.43. The lowest BCUT2D eigenvalue weighted by molar-refractivity contribution is -0.192. The Hall–Kier alpha value is -2.10. The summed E-state index contributed by atoms with van der Waals surface area (Å²) in [5.41, 5.74) is 0.983. The van der Waals surface area contributed by atoms with E-state index in [9.17, 15) is 13.2 Å². The summed E-state index contributed by atoms with van der Waals surface area (Å²) in [6.07, 6.45) is -1.78. The standard InChI is InChI=1S/C9H14N4O.C2HF3O2/c1-14-9-8(6-11-7-12-9)13-4-2-10-3-5-13;3-2(4,5)1(6)7/h6-7,10H,2-5H2,1H3;(H,6,7). The Morgan fingerprint density at radius 3 is 2.48 bits per heavy atom. The molecule has 1 aromatic rings. The second kappa shape index (κ2) is 7.62. The van der Waals surface area contributed by atoms with Crippen LogP contribution in [0, 0.1) is 0 Å². The quantitative estimate of drug-likeness (QED) is 0.824. The molecule has 1 saturated heterocycles. The Morgan fingerprint density at radius 1 is 1.43 bits per heavy atom. The van der Waals surface area contributed by atoms with E-state index < -0.39 is 12.1 Å². The fourth-order valence-electron chi connectivity index (χ4n) is 1.59. The van der Waals surface area contributed by atoms with Crippen molar-refractivity contribution >= 4 is 11.7 Å². The number of anilines is 1. The van der Waals surface area contributed by atoms with Gasteiger partial charge in [-0.3, -0.25) is 0 Å². The molecule has 0 unspecified atom stereocenters.